The first-order chi connectivity index (χ1) is 24.9. The third-order valence-electron chi connectivity index (χ3n) is 10.9. The van der Waals surface area contributed by atoms with Gasteiger partial charge in [0.15, 0.2) is 5.75 Å². The molecule has 3 aliphatic rings. The molecule has 1 aliphatic carbocycles. The van der Waals surface area contributed by atoms with Crippen LogP contribution in [0.25, 0.3) is 32.9 Å². The minimum absolute atomic E-state index is 0.0636. The number of rotatable bonds is 9. The largest absolute Gasteiger partial charge is 0.486 e. The maximum absolute atomic E-state index is 15.8. The summed E-state index contributed by atoms with van der Waals surface area (Å²) in [5.41, 5.74) is 5.34. The van der Waals surface area contributed by atoms with E-state index in [1.807, 2.05) is 45.0 Å². The van der Waals surface area contributed by atoms with Crippen LogP contribution in [0.15, 0.2) is 42.6 Å². The summed E-state index contributed by atoms with van der Waals surface area (Å²) in [7, 11) is 0. The van der Waals surface area contributed by atoms with Crippen molar-refractivity contribution in [3.8, 4) is 29.2 Å². The number of hydrogen-bond donors (Lipinski definition) is 4. The predicted molar refractivity (Wildman–Crippen MR) is 198 cm³/mol. The van der Waals surface area contributed by atoms with Gasteiger partial charge in [-0.1, -0.05) is 38.8 Å². The highest BCUT2D eigenvalue weighted by Crippen LogP contribution is 2.53. The first-order valence-electron chi connectivity index (χ1n) is 17.8. The van der Waals surface area contributed by atoms with E-state index in [4.69, 9.17) is 21.1 Å². The van der Waals surface area contributed by atoms with E-state index in [-0.39, 0.29) is 42.4 Å². The Morgan fingerprint density at radius 1 is 1.13 bits per heavy atom. The molecule has 4 heterocycles. The number of halogens is 1. The molecule has 8 rings (SSSR count). The maximum atomic E-state index is 15.8. The predicted octanol–water partition coefficient (Wildman–Crippen LogP) is 6.82. The Balaban J connectivity index is 1.37. The van der Waals surface area contributed by atoms with E-state index in [0.29, 0.717) is 59.2 Å². The van der Waals surface area contributed by atoms with Gasteiger partial charge in [0.25, 0.3) is 0 Å². The van der Waals surface area contributed by atoms with Gasteiger partial charge in [-0.15, -0.1) is 6.42 Å². The molecule has 0 radical (unpaired) electrons. The molecule has 1 saturated carbocycles. The zero-order chi connectivity index (χ0) is 36.5. The average molecular weight is 704 g/mol. The highest BCUT2D eigenvalue weighted by molar-refractivity contribution is 6.06. The van der Waals surface area contributed by atoms with Crippen LogP contribution in [-0.2, 0) is 6.61 Å². The van der Waals surface area contributed by atoms with Crippen molar-refractivity contribution in [2.24, 2.45) is 5.41 Å². The zero-order valence-corrected chi connectivity index (χ0v) is 29.7. The number of benzene rings is 3. The van der Waals surface area contributed by atoms with E-state index in [9.17, 15) is 15.0 Å². The number of piperazine rings is 1. The van der Waals surface area contributed by atoms with E-state index >= 15 is 4.39 Å². The normalized spacial score (nSPS) is 19.0. The minimum atomic E-state index is -0.916. The summed E-state index contributed by atoms with van der Waals surface area (Å²) in [5, 5.41) is 32.9. The van der Waals surface area contributed by atoms with Crippen molar-refractivity contribution in [1.29, 1.82) is 0 Å². The standard InChI is InChI=1S/C40H42FN7O4/c1-6-22-7-9-23(10-8-22)20-52-36-34(33-21(2)30(41)15-31-29(33)16-43-46-31)27(24-11-12-24)14-28-35(36)44-38(42-17-32(49)40(3,4)5)45-37(28)47-18-26-13-25(47)19-48(26)39(50)51/h1,7-10,14-16,24-26,32,49H,11-13,17-20H2,2-5H3,(H,43,46)(H,50,51)(H,42,44,45)/t25-,26-,32?/m0/s1. The number of carboxylic acid groups (broad SMARTS) is 1. The van der Waals surface area contributed by atoms with Crippen molar-refractivity contribution >= 4 is 39.7 Å². The molecular formula is C40H42FN7O4. The van der Waals surface area contributed by atoms with Crippen molar-refractivity contribution in [2.45, 2.75) is 77.7 Å². The number of amides is 1. The van der Waals surface area contributed by atoms with E-state index < -0.39 is 12.2 Å². The van der Waals surface area contributed by atoms with Gasteiger partial charge in [-0.3, -0.25) is 5.10 Å². The van der Waals surface area contributed by atoms with Crippen LogP contribution in [0.3, 0.4) is 0 Å². The second-order valence-corrected chi connectivity index (χ2v) is 15.4. The third-order valence-corrected chi connectivity index (χ3v) is 10.9. The van der Waals surface area contributed by atoms with E-state index in [1.165, 1.54) is 11.0 Å². The quantitative estimate of drug-likeness (QED) is 0.122. The Morgan fingerprint density at radius 2 is 1.90 bits per heavy atom. The fourth-order valence-electron chi connectivity index (χ4n) is 7.64. The average Bonchev–Trinajstić information content (AvgIpc) is 3.51. The van der Waals surface area contributed by atoms with Crippen LogP contribution < -0.4 is 15.0 Å². The Morgan fingerprint density at radius 3 is 2.56 bits per heavy atom. The Bertz CT molecular complexity index is 2250. The second-order valence-electron chi connectivity index (χ2n) is 15.4. The van der Waals surface area contributed by atoms with Crippen LogP contribution in [0.2, 0.25) is 0 Å². The number of likely N-dealkylation sites (tertiary alicyclic amines) is 1. The molecule has 0 spiro atoms. The van der Waals surface area contributed by atoms with Gasteiger partial charge in [0.05, 0.1) is 29.9 Å². The molecule has 2 saturated heterocycles. The number of fused-ring (bicyclic) bond motifs is 4. The fourth-order valence-corrected chi connectivity index (χ4v) is 7.64. The van der Waals surface area contributed by atoms with Crippen LogP contribution in [0, 0.1) is 30.5 Å². The van der Waals surface area contributed by atoms with Crippen molar-refractivity contribution in [2.75, 3.05) is 29.9 Å². The fraction of sp³-hybridized carbons (Fsp3) is 0.400. The van der Waals surface area contributed by atoms with Crippen molar-refractivity contribution < 1.29 is 24.1 Å². The molecule has 12 heteroatoms. The Hall–Kier alpha value is -5.41. The van der Waals surface area contributed by atoms with Gasteiger partial charge in [-0.2, -0.15) is 10.1 Å². The molecule has 4 N–H and O–H groups in total. The van der Waals surface area contributed by atoms with Crippen LogP contribution in [-0.4, -0.2) is 79.2 Å². The summed E-state index contributed by atoms with van der Waals surface area (Å²) in [5.74, 6) is 3.99. The molecule has 11 nitrogen and oxygen atoms in total. The Kier molecular flexibility index (Phi) is 8.21. The lowest BCUT2D eigenvalue weighted by Gasteiger charge is -2.34. The van der Waals surface area contributed by atoms with Crippen LogP contribution >= 0.6 is 0 Å². The first kappa shape index (κ1) is 33.7. The maximum Gasteiger partial charge on any atom is 0.407 e. The van der Waals surface area contributed by atoms with E-state index in [1.54, 1.807) is 13.1 Å². The van der Waals surface area contributed by atoms with Crippen LogP contribution in [0.4, 0.5) is 21.0 Å². The number of hydrogen-bond acceptors (Lipinski definition) is 8. The van der Waals surface area contributed by atoms with Gasteiger partial charge in [0.2, 0.25) is 5.95 Å². The lowest BCUT2D eigenvalue weighted by atomic mass is 9.88. The molecule has 1 amide bonds. The number of H-pyrrole nitrogens is 1. The molecule has 3 fully saturated rings. The number of aromatic amines is 1. The highest BCUT2D eigenvalue weighted by atomic mass is 19.1. The van der Waals surface area contributed by atoms with Gasteiger partial charge in [0, 0.05) is 47.1 Å². The number of ether oxygens (including phenoxy) is 1. The molecule has 2 aliphatic heterocycles. The molecule has 1 unspecified atom stereocenters. The number of carbonyl (C=O) groups is 1. The van der Waals surface area contributed by atoms with Gasteiger partial charge in [0.1, 0.15) is 23.8 Å². The van der Waals surface area contributed by atoms with Crippen LogP contribution in [0.5, 0.6) is 5.75 Å². The number of aromatic nitrogens is 4. The molecule has 5 aromatic rings. The topological polar surface area (TPSA) is 140 Å². The molecular weight excluding hydrogens is 661 g/mol. The number of anilines is 2. The molecule has 3 atom stereocenters. The lowest BCUT2D eigenvalue weighted by molar-refractivity contribution is 0.0744. The second kappa shape index (κ2) is 12.7. The van der Waals surface area contributed by atoms with Gasteiger partial charge in [-0.25, -0.2) is 14.2 Å². The van der Waals surface area contributed by atoms with Gasteiger partial charge < -0.3 is 30.1 Å². The zero-order valence-electron chi connectivity index (χ0n) is 29.7. The van der Waals surface area contributed by atoms with Gasteiger partial charge in [-0.05, 0) is 78.5 Å². The number of nitrogens with zero attached hydrogens (tertiary/aromatic N) is 5. The lowest BCUT2D eigenvalue weighted by Crippen LogP contribution is -2.48. The molecule has 52 heavy (non-hydrogen) atoms. The molecule has 2 aromatic heterocycles. The molecule has 3 aromatic carbocycles. The van der Waals surface area contributed by atoms with Crippen molar-refractivity contribution in [3.63, 3.8) is 0 Å². The highest BCUT2D eigenvalue weighted by Gasteiger charge is 2.47. The molecule has 268 valence electrons. The Labute approximate surface area is 301 Å². The van der Waals surface area contributed by atoms with Crippen molar-refractivity contribution in [3.05, 3.63) is 70.7 Å². The summed E-state index contributed by atoms with van der Waals surface area (Å²) in [6.07, 6.45) is 8.38. The monoisotopic (exact) mass is 703 g/mol. The first-order valence-corrected chi connectivity index (χ1v) is 17.8. The number of aliphatic hydroxyl groups excluding tert-OH is 1. The van der Waals surface area contributed by atoms with Crippen LogP contribution in [0.1, 0.15) is 68.2 Å². The molecule has 2 bridgehead atoms. The summed E-state index contributed by atoms with van der Waals surface area (Å²) in [6, 6.07) is 11.0. The van der Waals surface area contributed by atoms with E-state index in [2.05, 4.69) is 32.4 Å². The summed E-state index contributed by atoms with van der Waals surface area (Å²) in [6.45, 7) is 8.94. The number of nitrogens with one attached hydrogen (secondary N) is 2. The summed E-state index contributed by atoms with van der Waals surface area (Å²) in [4.78, 5) is 25.9. The third kappa shape index (κ3) is 5.92. The number of terminal acetylenes is 1. The van der Waals surface area contributed by atoms with Crippen molar-refractivity contribution in [1.82, 2.24) is 25.1 Å². The summed E-state index contributed by atoms with van der Waals surface area (Å²) < 4.78 is 22.6. The summed E-state index contributed by atoms with van der Waals surface area (Å²) >= 11 is 0. The SMILES string of the molecule is C#Cc1ccc(COc2c(-c3c(C)c(F)cc4[nH]ncc34)c(C3CC3)cc3c(N4C[C@@H]5C[C@H]4CN5C(=O)O)nc(NCC(O)C(C)(C)C)nc23)cc1. The number of aliphatic hydroxyl groups is 1. The van der Waals surface area contributed by atoms with E-state index in [0.717, 1.165) is 45.9 Å². The minimum Gasteiger partial charge on any atom is -0.486 e. The smallest absolute Gasteiger partial charge is 0.407 e. The van der Waals surface area contributed by atoms with Gasteiger partial charge >= 0.3 is 6.09 Å².